The van der Waals surface area contributed by atoms with Crippen molar-refractivity contribution in [2.75, 3.05) is 5.43 Å². The van der Waals surface area contributed by atoms with Crippen LogP contribution in [0, 0.1) is 0 Å². The first-order valence-electron chi connectivity index (χ1n) is 8.30. The molecule has 3 rings (SSSR count). The molecule has 0 saturated carbocycles. The summed E-state index contributed by atoms with van der Waals surface area (Å²) in [7, 11) is 0. The van der Waals surface area contributed by atoms with Crippen molar-refractivity contribution in [1.82, 2.24) is 4.98 Å². The van der Waals surface area contributed by atoms with Crippen LogP contribution in [0.25, 0.3) is 0 Å². The molecular weight excluding hydrogens is 426 g/mol. The number of anilines is 1. The van der Waals surface area contributed by atoms with Crippen LogP contribution in [0.1, 0.15) is 16.7 Å². The first-order valence-corrected chi connectivity index (χ1v) is 9.06. The van der Waals surface area contributed by atoms with Crippen molar-refractivity contribution < 1.29 is 17.9 Å². The number of hydrogen-bond donors (Lipinski definition) is 1. The van der Waals surface area contributed by atoms with Crippen molar-refractivity contribution in [2.45, 2.75) is 12.8 Å². The van der Waals surface area contributed by atoms with E-state index in [1.807, 2.05) is 0 Å². The van der Waals surface area contributed by atoms with Crippen LogP contribution in [0.2, 0.25) is 10.0 Å². The number of ether oxygens (including phenoxy) is 1. The smallest absolute Gasteiger partial charge is 0.417 e. The number of nitrogens with zero attached hydrogens (tertiary/aromatic N) is 2. The maximum atomic E-state index is 12.5. The zero-order chi connectivity index (χ0) is 20.9. The molecule has 1 N–H and O–H groups in total. The van der Waals surface area contributed by atoms with Crippen molar-refractivity contribution in [2.24, 2.45) is 5.10 Å². The second-order valence-corrected chi connectivity index (χ2v) is 6.74. The topological polar surface area (TPSA) is 46.5 Å². The van der Waals surface area contributed by atoms with Crippen molar-refractivity contribution in [3.8, 4) is 5.75 Å². The average molecular weight is 440 g/mol. The number of hydrazone groups is 1. The summed E-state index contributed by atoms with van der Waals surface area (Å²) < 4.78 is 43.2. The van der Waals surface area contributed by atoms with Gasteiger partial charge >= 0.3 is 6.18 Å². The lowest BCUT2D eigenvalue weighted by atomic mass is 10.2. The van der Waals surface area contributed by atoms with E-state index in [0.29, 0.717) is 22.4 Å². The predicted molar refractivity (Wildman–Crippen MR) is 108 cm³/mol. The Labute approximate surface area is 174 Å². The lowest BCUT2D eigenvalue weighted by molar-refractivity contribution is -0.137. The SMILES string of the molecule is FC(F)(F)c1ccc(N/N=C\c2ccc(OCc3ccc(Cl)cc3Cl)cc2)nc1. The number of benzene rings is 2. The quantitative estimate of drug-likeness (QED) is 0.355. The van der Waals surface area contributed by atoms with Gasteiger partial charge in [0.05, 0.1) is 11.8 Å². The second kappa shape index (κ2) is 9.15. The van der Waals surface area contributed by atoms with Crippen LogP contribution in [0.5, 0.6) is 5.75 Å². The first kappa shape index (κ1) is 21.0. The molecule has 0 saturated heterocycles. The monoisotopic (exact) mass is 439 g/mol. The minimum atomic E-state index is -4.42. The van der Waals surface area contributed by atoms with E-state index in [2.05, 4.69) is 15.5 Å². The maximum Gasteiger partial charge on any atom is 0.417 e. The Kier molecular flexibility index (Phi) is 6.61. The normalized spacial score (nSPS) is 11.6. The standard InChI is InChI=1S/C20H14Cl2F3N3O/c21-16-5-3-14(18(22)9-16)12-29-17-6-1-13(2-7-17)10-27-28-19-8-4-15(11-26-19)20(23,24)25/h1-11H,12H2,(H,26,28)/b27-10-. The van der Waals surface area contributed by atoms with Crippen LogP contribution in [-0.2, 0) is 12.8 Å². The minimum absolute atomic E-state index is 0.203. The third kappa shape index (κ3) is 6.10. The van der Waals surface area contributed by atoms with Gasteiger partial charge < -0.3 is 4.74 Å². The molecule has 0 radical (unpaired) electrons. The molecule has 0 amide bonds. The molecule has 0 atom stereocenters. The van der Waals surface area contributed by atoms with Crippen LogP contribution in [-0.4, -0.2) is 11.2 Å². The Balaban J connectivity index is 1.53. The highest BCUT2D eigenvalue weighted by Gasteiger charge is 2.30. The molecule has 0 bridgehead atoms. The van der Waals surface area contributed by atoms with Crippen LogP contribution in [0.3, 0.4) is 0 Å². The van der Waals surface area contributed by atoms with Crippen molar-refractivity contribution >= 4 is 35.2 Å². The molecule has 150 valence electrons. The van der Waals surface area contributed by atoms with Gasteiger partial charge in [0.15, 0.2) is 0 Å². The first-order chi connectivity index (χ1) is 13.8. The molecule has 3 aromatic rings. The predicted octanol–water partition coefficient (Wildman–Crippen LogP) is 6.43. The second-order valence-electron chi connectivity index (χ2n) is 5.89. The molecular formula is C20H14Cl2F3N3O. The fourth-order valence-electron chi connectivity index (χ4n) is 2.25. The molecule has 0 fully saturated rings. The zero-order valence-corrected chi connectivity index (χ0v) is 16.3. The van der Waals surface area contributed by atoms with Crippen LogP contribution in [0.4, 0.5) is 19.0 Å². The van der Waals surface area contributed by atoms with Gasteiger partial charge in [-0.25, -0.2) is 4.98 Å². The van der Waals surface area contributed by atoms with E-state index in [9.17, 15) is 13.2 Å². The molecule has 29 heavy (non-hydrogen) atoms. The number of nitrogens with one attached hydrogen (secondary N) is 1. The maximum absolute atomic E-state index is 12.5. The lowest BCUT2D eigenvalue weighted by Gasteiger charge is -2.08. The highest BCUT2D eigenvalue weighted by atomic mass is 35.5. The fourth-order valence-corrected chi connectivity index (χ4v) is 2.71. The van der Waals surface area contributed by atoms with Gasteiger partial charge in [0.25, 0.3) is 0 Å². The molecule has 4 nitrogen and oxygen atoms in total. The molecule has 1 aromatic heterocycles. The number of aromatic nitrogens is 1. The Hall–Kier alpha value is -2.77. The van der Waals surface area contributed by atoms with Gasteiger partial charge in [-0.05, 0) is 54.1 Å². The van der Waals surface area contributed by atoms with Gasteiger partial charge in [-0.3, -0.25) is 5.43 Å². The Morgan fingerprint density at radius 3 is 2.41 bits per heavy atom. The van der Waals surface area contributed by atoms with Gasteiger partial charge in [-0.2, -0.15) is 18.3 Å². The number of halogens is 5. The minimum Gasteiger partial charge on any atom is -0.489 e. The summed E-state index contributed by atoms with van der Waals surface area (Å²) in [6.45, 7) is 0.296. The summed E-state index contributed by atoms with van der Waals surface area (Å²) >= 11 is 12.0. The van der Waals surface area contributed by atoms with Crippen molar-refractivity contribution in [3.05, 3.63) is 87.5 Å². The number of rotatable bonds is 6. The lowest BCUT2D eigenvalue weighted by Crippen LogP contribution is -2.05. The van der Waals surface area contributed by atoms with Gasteiger partial charge in [-0.1, -0.05) is 29.3 Å². The number of pyridine rings is 1. The molecule has 9 heteroatoms. The van der Waals surface area contributed by atoms with E-state index in [1.54, 1.807) is 42.5 Å². The van der Waals surface area contributed by atoms with E-state index in [-0.39, 0.29) is 5.82 Å². The Bertz CT molecular complexity index is 991. The Morgan fingerprint density at radius 1 is 1.03 bits per heavy atom. The number of alkyl halides is 3. The highest BCUT2D eigenvalue weighted by Crippen LogP contribution is 2.28. The largest absolute Gasteiger partial charge is 0.489 e. The van der Waals surface area contributed by atoms with Crippen LogP contribution < -0.4 is 10.2 Å². The molecule has 0 unspecified atom stereocenters. The van der Waals surface area contributed by atoms with Gasteiger partial charge in [0.1, 0.15) is 18.2 Å². The molecule has 1 heterocycles. The van der Waals surface area contributed by atoms with E-state index in [4.69, 9.17) is 27.9 Å². The summed E-state index contributed by atoms with van der Waals surface area (Å²) in [6, 6.07) is 14.4. The van der Waals surface area contributed by atoms with Crippen molar-refractivity contribution in [1.29, 1.82) is 0 Å². The summed E-state index contributed by atoms with van der Waals surface area (Å²) in [4.78, 5) is 3.67. The van der Waals surface area contributed by atoms with Gasteiger partial charge in [0.2, 0.25) is 0 Å². The average Bonchev–Trinajstić information content (AvgIpc) is 2.68. The zero-order valence-electron chi connectivity index (χ0n) is 14.8. The van der Waals surface area contributed by atoms with E-state index < -0.39 is 11.7 Å². The summed E-state index contributed by atoms with van der Waals surface area (Å²) in [5.74, 6) is 0.847. The van der Waals surface area contributed by atoms with E-state index >= 15 is 0 Å². The molecule has 0 aliphatic rings. The summed E-state index contributed by atoms with van der Waals surface area (Å²) in [5.41, 5.74) is 3.34. The molecule has 0 aliphatic carbocycles. The third-order valence-electron chi connectivity index (χ3n) is 3.77. The highest BCUT2D eigenvalue weighted by molar-refractivity contribution is 6.35. The fraction of sp³-hybridized carbons (Fsp3) is 0.100. The van der Waals surface area contributed by atoms with E-state index in [1.165, 1.54) is 12.3 Å². The van der Waals surface area contributed by atoms with E-state index in [0.717, 1.165) is 23.4 Å². The summed E-state index contributed by atoms with van der Waals surface area (Å²) in [5, 5.41) is 5.05. The van der Waals surface area contributed by atoms with Crippen molar-refractivity contribution in [3.63, 3.8) is 0 Å². The van der Waals surface area contributed by atoms with Gasteiger partial charge in [0, 0.05) is 21.8 Å². The molecule has 2 aromatic carbocycles. The molecule has 0 aliphatic heterocycles. The Morgan fingerprint density at radius 2 is 1.79 bits per heavy atom. The third-order valence-corrected chi connectivity index (χ3v) is 4.36. The van der Waals surface area contributed by atoms with Crippen LogP contribution >= 0.6 is 23.2 Å². The number of hydrogen-bond acceptors (Lipinski definition) is 4. The van der Waals surface area contributed by atoms with Crippen LogP contribution in [0.15, 0.2) is 65.9 Å². The molecule has 0 spiro atoms. The summed E-state index contributed by atoms with van der Waals surface area (Å²) in [6.07, 6.45) is -2.16. The van der Waals surface area contributed by atoms with Gasteiger partial charge in [-0.15, -0.1) is 0 Å².